The first-order valence-corrected chi connectivity index (χ1v) is 5.39. The smallest absolute Gasteiger partial charge is 0.269 e. The molecule has 0 aliphatic heterocycles. The summed E-state index contributed by atoms with van der Waals surface area (Å²) in [6.07, 6.45) is 1.64. The standard InChI is InChI=1S/C9H14BrN3O/c1-5-4-11-13-8(5)9(14)12-7(3)6(2)10/h4,6-7H,1-3H3,(H,11,13)(H,12,14). The molecule has 2 unspecified atom stereocenters. The van der Waals surface area contributed by atoms with E-state index in [2.05, 4.69) is 31.4 Å². The molecule has 0 spiro atoms. The van der Waals surface area contributed by atoms with Crippen molar-refractivity contribution < 1.29 is 4.79 Å². The number of hydrogen-bond acceptors (Lipinski definition) is 2. The second kappa shape index (κ2) is 4.59. The fraction of sp³-hybridized carbons (Fsp3) is 0.556. The zero-order valence-electron chi connectivity index (χ0n) is 8.47. The summed E-state index contributed by atoms with van der Waals surface area (Å²) in [6, 6.07) is 0.0881. The van der Waals surface area contributed by atoms with Gasteiger partial charge in [-0.25, -0.2) is 0 Å². The molecule has 78 valence electrons. The molecule has 0 aromatic carbocycles. The van der Waals surface area contributed by atoms with Gasteiger partial charge in [0.15, 0.2) is 0 Å². The Hall–Kier alpha value is -0.840. The van der Waals surface area contributed by atoms with Crippen LogP contribution in [0.5, 0.6) is 0 Å². The van der Waals surface area contributed by atoms with Gasteiger partial charge in [-0.1, -0.05) is 22.9 Å². The van der Waals surface area contributed by atoms with Crippen molar-refractivity contribution in [1.29, 1.82) is 0 Å². The molecule has 2 N–H and O–H groups in total. The largest absolute Gasteiger partial charge is 0.347 e. The van der Waals surface area contributed by atoms with Crippen molar-refractivity contribution in [2.75, 3.05) is 0 Å². The highest BCUT2D eigenvalue weighted by Crippen LogP contribution is 2.06. The summed E-state index contributed by atoms with van der Waals surface area (Å²) in [4.78, 5) is 11.9. The molecule has 0 aliphatic rings. The summed E-state index contributed by atoms with van der Waals surface area (Å²) in [5.41, 5.74) is 1.39. The van der Waals surface area contributed by atoms with Crippen LogP contribution in [0.4, 0.5) is 0 Å². The van der Waals surface area contributed by atoms with Crippen molar-refractivity contribution in [3.63, 3.8) is 0 Å². The van der Waals surface area contributed by atoms with Crippen LogP contribution in [0, 0.1) is 6.92 Å². The third kappa shape index (κ3) is 2.57. The van der Waals surface area contributed by atoms with Gasteiger partial charge in [-0.15, -0.1) is 0 Å². The van der Waals surface area contributed by atoms with Crippen molar-refractivity contribution in [2.24, 2.45) is 0 Å². The molecule has 0 saturated carbocycles. The van der Waals surface area contributed by atoms with Crippen LogP contribution < -0.4 is 5.32 Å². The van der Waals surface area contributed by atoms with E-state index in [0.717, 1.165) is 5.56 Å². The van der Waals surface area contributed by atoms with Gasteiger partial charge in [0.1, 0.15) is 5.69 Å². The molecule has 0 aliphatic carbocycles. The molecule has 0 fully saturated rings. The Morgan fingerprint density at radius 1 is 1.64 bits per heavy atom. The molecule has 0 saturated heterocycles. The number of aromatic nitrogens is 2. The molecular formula is C9H14BrN3O. The normalized spacial score (nSPS) is 14.9. The summed E-state index contributed by atoms with van der Waals surface area (Å²) in [7, 11) is 0. The Labute approximate surface area is 91.6 Å². The molecule has 2 atom stereocenters. The number of nitrogens with zero attached hydrogens (tertiary/aromatic N) is 1. The van der Waals surface area contributed by atoms with Gasteiger partial charge in [0.2, 0.25) is 0 Å². The number of halogens is 1. The number of rotatable bonds is 3. The van der Waals surface area contributed by atoms with Crippen LogP contribution in [-0.2, 0) is 0 Å². The highest BCUT2D eigenvalue weighted by atomic mass is 79.9. The third-order valence-electron chi connectivity index (χ3n) is 2.10. The minimum atomic E-state index is -0.112. The number of alkyl halides is 1. The quantitative estimate of drug-likeness (QED) is 0.811. The highest BCUT2D eigenvalue weighted by Gasteiger charge is 2.15. The average molecular weight is 260 g/mol. The number of aromatic amines is 1. The van der Waals surface area contributed by atoms with Crippen LogP contribution in [0.3, 0.4) is 0 Å². The second-order valence-corrected chi connectivity index (χ2v) is 4.81. The molecule has 4 nitrogen and oxygen atoms in total. The maximum absolute atomic E-state index is 11.6. The van der Waals surface area contributed by atoms with Crippen LogP contribution in [0.1, 0.15) is 29.9 Å². The van der Waals surface area contributed by atoms with Gasteiger partial charge in [0.05, 0.1) is 6.20 Å². The topological polar surface area (TPSA) is 57.8 Å². The number of hydrogen-bond donors (Lipinski definition) is 2. The summed E-state index contributed by atoms with van der Waals surface area (Å²) < 4.78 is 0. The number of amides is 1. The molecule has 1 rings (SSSR count). The third-order valence-corrected chi connectivity index (χ3v) is 2.90. The van der Waals surface area contributed by atoms with E-state index >= 15 is 0 Å². The van der Waals surface area contributed by atoms with Crippen LogP contribution >= 0.6 is 15.9 Å². The Bertz CT molecular complexity index is 322. The Kier molecular flexibility index (Phi) is 3.69. The van der Waals surface area contributed by atoms with E-state index < -0.39 is 0 Å². The summed E-state index contributed by atoms with van der Waals surface area (Å²) in [6.45, 7) is 5.79. The predicted octanol–water partition coefficient (Wildman–Crippen LogP) is 1.62. The molecule has 14 heavy (non-hydrogen) atoms. The van der Waals surface area contributed by atoms with Crippen molar-refractivity contribution in [3.05, 3.63) is 17.5 Å². The fourth-order valence-corrected chi connectivity index (χ4v) is 1.10. The minimum absolute atomic E-state index is 0.0881. The van der Waals surface area contributed by atoms with Gasteiger partial charge in [0.25, 0.3) is 5.91 Å². The van der Waals surface area contributed by atoms with Crippen molar-refractivity contribution in [1.82, 2.24) is 15.5 Å². The number of carbonyl (C=O) groups is 1. The Morgan fingerprint density at radius 3 is 2.71 bits per heavy atom. The molecule has 1 aromatic rings. The molecule has 5 heteroatoms. The molecule has 0 radical (unpaired) electrons. The Morgan fingerprint density at radius 2 is 2.29 bits per heavy atom. The first-order valence-electron chi connectivity index (χ1n) is 4.47. The van der Waals surface area contributed by atoms with Crippen LogP contribution in [0.25, 0.3) is 0 Å². The molecular weight excluding hydrogens is 246 g/mol. The second-order valence-electron chi connectivity index (χ2n) is 3.37. The first kappa shape index (κ1) is 11.2. The molecule has 0 bridgehead atoms. The summed E-state index contributed by atoms with van der Waals surface area (Å²) >= 11 is 3.41. The molecule has 1 amide bonds. The van der Waals surface area contributed by atoms with E-state index in [1.54, 1.807) is 6.20 Å². The van der Waals surface area contributed by atoms with E-state index in [1.807, 2.05) is 20.8 Å². The highest BCUT2D eigenvalue weighted by molar-refractivity contribution is 9.09. The van der Waals surface area contributed by atoms with Crippen LogP contribution in [0.15, 0.2) is 6.20 Å². The lowest BCUT2D eigenvalue weighted by atomic mass is 10.2. The number of carbonyl (C=O) groups excluding carboxylic acids is 1. The Balaban J connectivity index is 2.64. The number of aryl methyl sites for hydroxylation is 1. The van der Waals surface area contributed by atoms with Crippen molar-refractivity contribution >= 4 is 21.8 Å². The molecule has 1 aromatic heterocycles. The van der Waals surface area contributed by atoms with Crippen LogP contribution in [0.2, 0.25) is 0 Å². The zero-order chi connectivity index (χ0) is 10.7. The van der Waals surface area contributed by atoms with Gasteiger partial charge in [-0.3, -0.25) is 9.89 Å². The monoisotopic (exact) mass is 259 g/mol. The van der Waals surface area contributed by atoms with Crippen molar-refractivity contribution in [3.8, 4) is 0 Å². The minimum Gasteiger partial charge on any atom is -0.347 e. The van der Waals surface area contributed by atoms with Gasteiger partial charge < -0.3 is 5.32 Å². The van der Waals surface area contributed by atoms with Gasteiger partial charge in [0, 0.05) is 10.9 Å². The number of H-pyrrole nitrogens is 1. The van der Waals surface area contributed by atoms with Crippen LogP contribution in [-0.4, -0.2) is 27.0 Å². The van der Waals surface area contributed by atoms with Gasteiger partial charge in [-0.05, 0) is 19.4 Å². The van der Waals surface area contributed by atoms with E-state index in [0.29, 0.717) is 5.69 Å². The van der Waals surface area contributed by atoms with E-state index in [1.165, 1.54) is 0 Å². The SMILES string of the molecule is Cc1cn[nH]c1C(=O)NC(C)C(C)Br. The number of nitrogens with one attached hydrogen (secondary N) is 2. The maximum atomic E-state index is 11.6. The van der Waals surface area contributed by atoms with E-state index in [4.69, 9.17) is 0 Å². The lowest BCUT2D eigenvalue weighted by Crippen LogP contribution is -2.37. The maximum Gasteiger partial charge on any atom is 0.269 e. The summed E-state index contributed by atoms with van der Waals surface area (Å²) in [5.74, 6) is -0.112. The lowest BCUT2D eigenvalue weighted by molar-refractivity contribution is 0.0935. The van der Waals surface area contributed by atoms with Gasteiger partial charge in [-0.2, -0.15) is 5.10 Å². The predicted molar refractivity (Wildman–Crippen MR) is 58.6 cm³/mol. The fourth-order valence-electron chi connectivity index (χ4n) is 0.970. The average Bonchev–Trinajstić information content (AvgIpc) is 2.51. The molecule has 1 heterocycles. The zero-order valence-corrected chi connectivity index (χ0v) is 10.1. The lowest BCUT2D eigenvalue weighted by Gasteiger charge is -2.15. The van der Waals surface area contributed by atoms with E-state index in [-0.39, 0.29) is 16.8 Å². The van der Waals surface area contributed by atoms with Crippen molar-refractivity contribution in [2.45, 2.75) is 31.6 Å². The summed E-state index contributed by atoms with van der Waals surface area (Å²) in [5, 5.41) is 9.34. The van der Waals surface area contributed by atoms with Gasteiger partial charge >= 0.3 is 0 Å². The first-order chi connectivity index (χ1) is 6.52. The van der Waals surface area contributed by atoms with E-state index in [9.17, 15) is 4.79 Å².